The molecule has 0 atom stereocenters. The zero-order chi connectivity index (χ0) is 15.4. The molecule has 2 aromatic heterocycles. The van der Waals surface area contributed by atoms with Crippen LogP contribution < -0.4 is 4.74 Å². The Kier molecular flexibility index (Phi) is 4.64. The van der Waals surface area contributed by atoms with Gasteiger partial charge in [0, 0.05) is 23.8 Å². The Morgan fingerprint density at radius 2 is 1.95 bits per heavy atom. The van der Waals surface area contributed by atoms with Gasteiger partial charge in [0.15, 0.2) is 0 Å². The number of halogens is 1. The third kappa shape index (κ3) is 3.25. The highest BCUT2D eigenvalue weighted by atomic mass is 35.5. The summed E-state index contributed by atoms with van der Waals surface area (Å²) in [5, 5.41) is 0. The van der Waals surface area contributed by atoms with Crippen molar-refractivity contribution < 1.29 is 4.74 Å². The van der Waals surface area contributed by atoms with E-state index in [1.165, 1.54) is 5.56 Å². The maximum atomic E-state index is 5.69. The molecule has 2 heterocycles. The van der Waals surface area contributed by atoms with E-state index in [1.54, 1.807) is 0 Å². The lowest BCUT2D eigenvalue weighted by atomic mass is 10.1. The van der Waals surface area contributed by atoms with Crippen molar-refractivity contribution in [3.8, 4) is 17.0 Å². The Bertz CT molecular complexity index is 749. The number of imidazole rings is 1. The van der Waals surface area contributed by atoms with Crippen LogP contribution in [0, 0.1) is 6.92 Å². The lowest BCUT2D eigenvalue weighted by Crippen LogP contribution is -1.97. The molecule has 0 N–H and O–H groups in total. The van der Waals surface area contributed by atoms with Gasteiger partial charge in [-0.1, -0.05) is 6.07 Å². The molecule has 4 heteroatoms. The van der Waals surface area contributed by atoms with Gasteiger partial charge >= 0.3 is 0 Å². The lowest BCUT2D eigenvalue weighted by Gasteiger charge is -2.05. The van der Waals surface area contributed by atoms with Crippen LogP contribution in [0.2, 0.25) is 0 Å². The van der Waals surface area contributed by atoms with Gasteiger partial charge in [0.05, 0.1) is 12.3 Å². The number of rotatable bonds is 6. The number of aryl methyl sites for hydroxylation is 1. The standard InChI is InChI=1S/C18H19ClN2O/c1-14-5-4-11-21-13-17(20-18(14)21)15-6-8-16(9-7-15)22-12-3-2-10-19/h4-9,11,13H,2-3,10,12H2,1H3. The van der Waals surface area contributed by atoms with Gasteiger partial charge in [0.2, 0.25) is 0 Å². The fourth-order valence-electron chi connectivity index (χ4n) is 2.40. The molecule has 3 rings (SSSR count). The van der Waals surface area contributed by atoms with E-state index in [0.717, 1.165) is 35.5 Å². The van der Waals surface area contributed by atoms with Crippen LogP contribution >= 0.6 is 11.6 Å². The summed E-state index contributed by atoms with van der Waals surface area (Å²) in [6.07, 6.45) is 6.04. The summed E-state index contributed by atoms with van der Waals surface area (Å²) in [7, 11) is 0. The smallest absolute Gasteiger partial charge is 0.140 e. The van der Waals surface area contributed by atoms with Crippen LogP contribution in [0.25, 0.3) is 16.9 Å². The van der Waals surface area contributed by atoms with E-state index in [0.29, 0.717) is 12.5 Å². The number of pyridine rings is 1. The summed E-state index contributed by atoms with van der Waals surface area (Å²) in [5.74, 6) is 1.58. The van der Waals surface area contributed by atoms with Gasteiger partial charge in [-0.05, 0) is 55.7 Å². The number of ether oxygens (including phenoxy) is 1. The molecule has 3 aromatic rings. The quantitative estimate of drug-likeness (QED) is 0.486. The van der Waals surface area contributed by atoms with E-state index in [9.17, 15) is 0 Å². The molecule has 0 amide bonds. The van der Waals surface area contributed by atoms with E-state index in [1.807, 2.05) is 36.5 Å². The molecule has 0 aliphatic carbocycles. The highest BCUT2D eigenvalue weighted by Gasteiger charge is 2.06. The van der Waals surface area contributed by atoms with Gasteiger partial charge in [-0.25, -0.2) is 4.98 Å². The second-order valence-electron chi connectivity index (χ2n) is 5.32. The minimum Gasteiger partial charge on any atom is -0.494 e. The summed E-state index contributed by atoms with van der Waals surface area (Å²) < 4.78 is 7.75. The molecule has 0 saturated heterocycles. The summed E-state index contributed by atoms with van der Waals surface area (Å²) >= 11 is 5.65. The Balaban J connectivity index is 1.75. The second-order valence-corrected chi connectivity index (χ2v) is 5.70. The van der Waals surface area contributed by atoms with E-state index in [2.05, 4.69) is 23.6 Å². The molecule has 0 spiro atoms. The number of aromatic nitrogens is 2. The van der Waals surface area contributed by atoms with E-state index < -0.39 is 0 Å². The number of unbranched alkanes of at least 4 members (excludes halogenated alkanes) is 1. The maximum absolute atomic E-state index is 5.69. The van der Waals surface area contributed by atoms with E-state index in [4.69, 9.17) is 21.3 Å². The van der Waals surface area contributed by atoms with Crippen LogP contribution in [-0.4, -0.2) is 21.9 Å². The minimum atomic E-state index is 0.690. The van der Waals surface area contributed by atoms with E-state index >= 15 is 0 Å². The van der Waals surface area contributed by atoms with Gasteiger partial charge in [0.1, 0.15) is 11.4 Å². The molecule has 0 radical (unpaired) electrons. The molecule has 22 heavy (non-hydrogen) atoms. The van der Waals surface area contributed by atoms with Gasteiger partial charge in [-0.3, -0.25) is 0 Å². The molecule has 0 aliphatic heterocycles. The molecule has 0 aliphatic rings. The normalized spacial score (nSPS) is 11.0. The predicted octanol–water partition coefficient (Wildman–Crippen LogP) is 4.71. The summed E-state index contributed by atoms with van der Waals surface area (Å²) in [6.45, 7) is 2.78. The molecule has 3 nitrogen and oxygen atoms in total. The summed E-state index contributed by atoms with van der Waals surface area (Å²) in [5.41, 5.74) is 4.24. The molecule has 0 saturated carbocycles. The topological polar surface area (TPSA) is 26.5 Å². The average Bonchev–Trinajstić information content (AvgIpc) is 2.98. The Hall–Kier alpha value is -2.00. The van der Waals surface area contributed by atoms with Crippen molar-refractivity contribution in [3.05, 3.63) is 54.4 Å². The Labute approximate surface area is 135 Å². The molecule has 114 valence electrons. The zero-order valence-corrected chi connectivity index (χ0v) is 13.4. The largest absolute Gasteiger partial charge is 0.494 e. The van der Waals surface area contributed by atoms with Crippen LogP contribution in [0.1, 0.15) is 18.4 Å². The average molecular weight is 315 g/mol. The van der Waals surface area contributed by atoms with Crippen molar-refractivity contribution in [2.75, 3.05) is 12.5 Å². The highest BCUT2D eigenvalue weighted by molar-refractivity contribution is 6.17. The first kappa shape index (κ1) is 14.9. The van der Waals surface area contributed by atoms with Crippen molar-refractivity contribution in [3.63, 3.8) is 0 Å². The van der Waals surface area contributed by atoms with Gasteiger partial charge in [-0.2, -0.15) is 0 Å². The molecular formula is C18H19ClN2O. The van der Waals surface area contributed by atoms with Crippen LogP contribution in [0.5, 0.6) is 5.75 Å². The summed E-state index contributed by atoms with van der Waals surface area (Å²) in [4.78, 5) is 4.71. The van der Waals surface area contributed by atoms with Crippen molar-refractivity contribution in [1.82, 2.24) is 9.38 Å². The third-order valence-corrected chi connectivity index (χ3v) is 3.89. The van der Waals surface area contributed by atoms with Gasteiger partial charge in [0.25, 0.3) is 0 Å². The van der Waals surface area contributed by atoms with Crippen molar-refractivity contribution in [2.24, 2.45) is 0 Å². The first-order valence-corrected chi connectivity index (χ1v) is 8.05. The molecule has 0 bridgehead atoms. The molecular weight excluding hydrogens is 296 g/mol. The Morgan fingerprint density at radius 3 is 2.68 bits per heavy atom. The first-order valence-electron chi connectivity index (χ1n) is 7.51. The second kappa shape index (κ2) is 6.84. The first-order chi connectivity index (χ1) is 10.8. The SMILES string of the molecule is Cc1cccn2cc(-c3ccc(OCCCCCl)cc3)nc12. The van der Waals surface area contributed by atoms with Crippen LogP contribution in [0.3, 0.4) is 0 Å². The molecule has 1 aromatic carbocycles. The third-order valence-electron chi connectivity index (χ3n) is 3.62. The Morgan fingerprint density at radius 1 is 1.14 bits per heavy atom. The predicted molar refractivity (Wildman–Crippen MR) is 90.8 cm³/mol. The van der Waals surface area contributed by atoms with Crippen LogP contribution in [0.15, 0.2) is 48.8 Å². The fourth-order valence-corrected chi connectivity index (χ4v) is 2.59. The number of alkyl halides is 1. The number of nitrogens with zero attached hydrogens (tertiary/aromatic N) is 2. The van der Waals surface area contributed by atoms with Crippen LogP contribution in [0.4, 0.5) is 0 Å². The minimum absolute atomic E-state index is 0.690. The number of hydrogen-bond donors (Lipinski definition) is 0. The highest BCUT2D eigenvalue weighted by Crippen LogP contribution is 2.23. The van der Waals surface area contributed by atoms with Crippen LogP contribution in [-0.2, 0) is 0 Å². The van der Waals surface area contributed by atoms with E-state index in [-0.39, 0.29) is 0 Å². The number of fused-ring (bicyclic) bond motifs is 1. The van der Waals surface area contributed by atoms with Crippen molar-refractivity contribution >= 4 is 17.2 Å². The van der Waals surface area contributed by atoms with Crippen molar-refractivity contribution in [1.29, 1.82) is 0 Å². The monoisotopic (exact) mass is 314 g/mol. The number of hydrogen-bond acceptors (Lipinski definition) is 2. The lowest BCUT2D eigenvalue weighted by molar-refractivity contribution is 0.310. The van der Waals surface area contributed by atoms with Gasteiger partial charge < -0.3 is 9.14 Å². The zero-order valence-electron chi connectivity index (χ0n) is 12.6. The number of benzene rings is 1. The van der Waals surface area contributed by atoms with Crippen molar-refractivity contribution in [2.45, 2.75) is 19.8 Å². The molecule has 0 unspecified atom stereocenters. The molecule has 0 fully saturated rings. The fraction of sp³-hybridized carbons (Fsp3) is 0.278. The summed E-state index contributed by atoms with van der Waals surface area (Å²) in [6, 6.07) is 12.2. The maximum Gasteiger partial charge on any atom is 0.140 e. The van der Waals surface area contributed by atoms with Gasteiger partial charge in [-0.15, -0.1) is 11.6 Å².